The molecular formula is C25H30N4O5. The fraction of sp³-hybridized carbons (Fsp3) is 0.360. The Morgan fingerprint density at radius 1 is 1.18 bits per heavy atom. The zero-order valence-corrected chi connectivity index (χ0v) is 20.0. The molecule has 4 N–H and O–H groups in total. The summed E-state index contributed by atoms with van der Waals surface area (Å²) in [6.45, 7) is 9.56. The molecule has 0 fully saturated rings. The molecule has 3 aromatic rings. The molecular weight excluding hydrogens is 436 g/mol. The largest absolute Gasteiger partial charge is 0.462 e. The average molecular weight is 467 g/mol. The van der Waals surface area contributed by atoms with E-state index in [0.717, 1.165) is 0 Å². The lowest BCUT2D eigenvalue weighted by atomic mass is 9.79. The van der Waals surface area contributed by atoms with Gasteiger partial charge in [-0.25, -0.2) is 14.6 Å². The third kappa shape index (κ3) is 4.88. The van der Waals surface area contributed by atoms with Crippen LogP contribution in [0.25, 0.3) is 11.3 Å². The number of anilines is 1. The number of benzene rings is 1. The highest BCUT2D eigenvalue weighted by Gasteiger charge is 2.48. The SMILES string of the molecule is Cc1c(N)cc(C(=O)OCC(C)C)cc1C(OC(N)=O)(c1ncc(-c2cccnc2)o1)C(C)C. The Kier molecular flexibility index (Phi) is 7.24. The fourth-order valence-electron chi connectivity index (χ4n) is 3.70. The van der Waals surface area contributed by atoms with Crippen molar-refractivity contribution in [2.24, 2.45) is 17.6 Å². The van der Waals surface area contributed by atoms with E-state index < -0.39 is 23.6 Å². The lowest BCUT2D eigenvalue weighted by molar-refractivity contribution is -0.0111. The molecule has 1 atom stereocenters. The van der Waals surface area contributed by atoms with Crippen LogP contribution in [-0.2, 0) is 15.1 Å². The molecule has 0 spiro atoms. The molecule has 1 unspecified atom stereocenters. The molecule has 0 radical (unpaired) electrons. The van der Waals surface area contributed by atoms with Crippen LogP contribution < -0.4 is 11.5 Å². The summed E-state index contributed by atoms with van der Waals surface area (Å²) < 4.78 is 17.2. The van der Waals surface area contributed by atoms with E-state index in [1.807, 2.05) is 33.8 Å². The Bertz CT molecular complexity index is 1170. The number of hydrogen-bond donors (Lipinski definition) is 2. The third-order valence-electron chi connectivity index (χ3n) is 5.48. The standard InChI is InChI=1S/C25H30N4O5/c1-14(2)13-32-22(30)18-9-19(16(5)20(26)10-18)25(15(3)4,34-24(27)31)23-29-12-21(33-23)17-7-6-8-28-11-17/h6-12,14-15H,13,26H2,1-5H3,(H2,27,31). The van der Waals surface area contributed by atoms with Crippen molar-refractivity contribution < 1.29 is 23.5 Å². The second kappa shape index (κ2) is 9.94. The molecule has 0 saturated heterocycles. The number of nitrogens with zero attached hydrogens (tertiary/aromatic N) is 2. The maximum atomic E-state index is 12.8. The number of primary amides is 1. The van der Waals surface area contributed by atoms with E-state index in [9.17, 15) is 9.59 Å². The number of pyridine rings is 1. The molecule has 9 heteroatoms. The van der Waals surface area contributed by atoms with Gasteiger partial charge >= 0.3 is 12.1 Å². The molecule has 1 amide bonds. The van der Waals surface area contributed by atoms with Gasteiger partial charge in [-0.1, -0.05) is 27.7 Å². The van der Waals surface area contributed by atoms with Gasteiger partial charge < -0.3 is 25.4 Å². The van der Waals surface area contributed by atoms with E-state index in [2.05, 4.69) is 9.97 Å². The number of esters is 1. The Balaban J connectivity index is 2.21. The minimum Gasteiger partial charge on any atom is -0.462 e. The molecule has 2 aromatic heterocycles. The summed E-state index contributed by atoms with van der Waals surface area (Å²) in [7, 11) is 0. The van der Waals surface area contributed by atoms with Crippen molar-refractivity contribution in [3.05, 3.63) is 65.4 Å². The second-order valence-electron chi connectivity index (χ2n) is 8.81. The summed E-state index contributed by atoms with van der Waals surface area (Å²) in [6.07, 6.45) is 3.77. The summed E-state index contributed by atoms with van der Waals surface area (Å²) in [5, 5.41) is 0. The molecule has 34 heavy (non-hydrogen) atoms. The number of aromatic nitrogens is 2. The number of carbonyl (C=O) groups excluding carboxylic acids is 2. The van der Waals surface area contributed by atoms with Gasteiger partial charge in [-0.05, 0) is 42.7 Å². The van der Waals surface area contributed by atoms with Crippen molar-refractivity contribution in [3.8, 4) is 11.3 Å². The third-order valence-corrected chi connectivity index (χ3v) is 5.48. The number of carbonyl (C=O) groups is 2. The summed E-state index contributed by atoms with van der Waals surface area (Å²) >= 11 is 0. The first-order valence-corrected chi connectivity index (χ1v) is 11.0. The number of nitrogens with two attached hydrogens (primary N) is 2. The number of ether oxygens (including phenoxy) is 2. The lowest BCUT2D eigenvalue weighted by Gasteiger charge is -2.35. The van der Waals surface area contributed by atoms with Crippen molar-refractivity contribution in [1.82, 2.24) is 9.97 Å². The summed E-state index contributed by atoms with van der Waals surface area (Å²) in [5.74, 6) is -0.255. The second-order valence-corrected chi connectivity index (χ2v) is 8.81. The molecule has 0 aliphatic rings. The molecule has 0 aliphatic heterocycles. The van der Waals surface area contributed by atoms with Gasteiger partial charge in [-0.2, -0.15) is 0 Å². The van der Waals surface area contributed by atoms with Crippen molar-refractivity contribution in [2.45, 2.75) is 40.2 Å². The topological polar surface area (TPSA) is 144 Å². The number of rotatable bonds is 8. The Morgan fingerprint density at radius 2 is 1.91 bits per heavy atom. The summed E-state index contributed by atoms with van der Waals surface area (Å²) in [6, 6.07) is 6.71. The molecule has 2 heterocycles. The van der Waals surface area contributed by atoms with E-state index in [4.69, 9.17) is 25.4 Å². The first-order valence-electron chi connectivity index (χ1n) is 11.0. The molecule has 9 nitrogen and oxygen atoms in total. The van der Waals surface area contributed by atoms with Crippen LogP contribution in [0, 0.1) is 18.8 Å². The van der Waals surface area contributed by atoms with Crippen molar-refractivity contribution >= 4 is 17.7 Å². The predicted molar refractivity (Wildman–Crippen MR) is 127 cm³/mol. The first kappa shape index (κ1) is 24.8. The molecule has 0 bridgehead atoms. The van der Waals surface area contributed by atoms with Crippen LogP contribution in [0.1, 0.15) is 55.1 Å². The van der Waals surface area contributed by atoms with Crippen LogP contribution in [0.3, 0.4) is 0 Å². The Morgan fingerprint density at radius 3 is 2.50 bits per heavy atom. The van der Waals surface area contributed by atoms with E-state index in [1.54, 1.807) is 31.5 Å². The molecule has 180 valence electrons. The van der Waals surface area contributed by atoms with Crippen LogP contribution in [0.2, 0.25) is 0 Å². The zero-order valence-electron chi connectivity index (χ0n) is 20.0. The number of nitrogen functional groups attached to an aromatic ring is 1. The maximum Gasteiger partial charge on any atom is 0.405 e. The van der Waals surface area contributed by atoms with Gasteiger partial charge in [0, 0.05) is 35.1 Å². The summed E-state index contributed by atoms with van der Waals surface area (Å²) in [5.41, 5.74) is 12.5. The van der Waals surface area contributed by atoms with Gasteiger partial charge in [0.2, 0.25) is 11.5 Å². The van der Waals surface area contributed by atoms with Gasteiger partial charge in [-0.15, -0.1) is 0 Å². The number of hydrogen-bond acceptors (Lipinski definition) is 8. The minimum atomic E-state index is -1.56. The number of oxazole rings is 1. The Labute approximate surface area is 198 Å². The lowest BCUT2D eigenvalue weighted by Crippen LogP contribution is -2.42. The quantitative estimate of drug-likeness (QED) is 0.366. The monoisotopic (exact) mass is 466 g/mol. The van der Waals surface area contributed by atoms with Gasteiger partial charge in [0.15, 0.2) is 5.76 Å². The molecule has 1 aromatic carbocycles. The normalized spacial score (nSPS) is 13.0. The summed E-state index contributed by atoms with van der Waals surface area (Å²) in [4.78, 5) is 33.4. The smallest absolute Gasteiger partial charge is 0.405 e. The van der Waals surface area contributed by atoms with Crippen molar-refractivity contribution in [3.63, 3.8) is 0 Å². The highest BCUT2D eigenvalue weighted by Crippen LogP contribution is 2.44. The first-order chi connectivity index (χ1) is 16.1. The number of amides is 1. The highest BCUT2D eigenvalue weighted by molar-refractivity contribution is 5.91. The van der Waals surface area contributed by atoms with Crippen molar-refractivity contribution in [1.29, 1.82) is 0 Å². The minimum absolute atomic E-state index is 0.0929. The van der Waals surface area contributed by atoms with E-state index >= 15 is 0 Å². The molecule has 3 rings (SSSR count). The highest BCUT2D eigenvalue weighted by atomic mass is 16.6. The molecule has 0 aliphatic carbocycles. The van der Waals surface area contributed by atoms with E-state index in [0.29, 0.717) is 28.1 Å². The van der Waals surface area contributed by atoms with E-state index in [1.165, 1.54) is 12.3 Å². The van der Waals surface area contributed by atoms with Gasteiger partial charge in [0.05, 0.1) is 18.4 Å². The zero-order chi connectivity index (χ0) is 25.0. The van der Waals surface area contributed by atoms with Gasteiger partial charge in [0.25, 0.3) is 0 Å². The van der Waals surface area contributed by atoms with E-state index in [-0.39, 0.29) is 24.0 Å². The average Bonchev–Trinajstić information content (AvgIpc) is 3.28. The fourth-order valence-corrected chi connectivity index (χ4v) is 3.70. The predicted octanol–water partition coefficient (Wildman–Crippen LogP) is 4.43. The van der Waals surface area contributed by atoms with Crippen LogP contribution >= 0.6 is 0 Å². The van der Waals surface area contributed by atoms with Crippen LogP contribution in [-0.4, -0.2) is 28.6 Å². The van der Waals surface area contributed by atoms with Crippen LogP contribution in [0.4, 0.5) is 10.5 Å². The van der Waals surface area contributed by atoms with Gasteiger partial charge in [0.1, 0.15) is 0 Å². The van der Waals surface area contributed by atoms with Crippen LogP contribution in [0.5, 0.6) is 0 Å². The van der Waals surface area contributed by atoms with Crippen LogP contribution in [0.15, 0.2) is 47.3 Å². The maximum absolute atomic E-state index is 12.8. The Hall–Kier alpha value is -3.88. The van der Waals surface area contributed by atoms with Gasteiger partial charge in [-0.3, -0.25) is 4.98 Å². The van der Waals surface area contributed by atoms with Crippen molar-refractivity contribution in [2.75, 3.05) is 12.3 Å². The molecule has 0 saturated carbocycles.